The van der Waals surface area contributed by atoms with Gasteiger partial charge in [-0.15, -0.1) is 10.2 Å². The van der Waals surface area contributed by atoms with Gasteiger partial charge in [-0.25, -0.2) is 0 Å². The Kier molecular flexibility index (Phi) is 6.73. The zero-order valence-electron chi connectivity index (χ0n) is 13.3. The molecule has 1 N–H and O–H groups in total. The van der Waals surface area contributed by atoms with E-state index in [-0.39, 0.29) is 12.5 Å². The third-order valence-corrected chi connectivity index (χ3v) is 5.66. The minimum atomic E-state index is -0.301. The lowest BCUT2D eigenvalue weighted by molar-refractivity contribution is -0.118. The monoisotopic (exact) mass is 425 g/mol. The molecule has 9 heteroatoms. The second-order valence-corrected chi connectivity index (χ2v) is 8.15. The topological polar surface area (TPSA) is 64.1 Å². The van der Waals surface area contributed by atoms with E-state index in [1.165, 1.54) is 11.3 Å². The molecule has 0 radical (unpaired) electrons. The fourth-order valence-electron chi connectivity index (χ4n) is 1.88. The molecule has 1 aromatic heterocycles. The first-order valence-corrected chi connectivity index (χ1v) is 10.0. The van der Waals surface area contributed by atoms with Gasteiger partial charge in [-0.1, -0.05) is 58.4 Å². The number of nitrogens with one attached hydrogen (secondary N) is 1. The molecule has 5 nitrogen and oxygen atoms in total. The van der Waals surface area contributed by atoms with Crippen molar-refractivity contribution < 1.29 is 9.53 Å². The molecule has 0 fully saturated rings. The third kappa shape index (κ3) is 5.88. The molecule has 3 aromatic rings. The van der Waals surface area contributed by atoms with Gasteiger partial charge in [-0.3, -0.25) is 10.1 Å². The number of hydrogen-bond acceptors (Lipinski definition) is 6. The molecule has 0 aliphatic rings. The standard InChI is InChI=1S/C17H13Cl2N3O2S2/c18-12-3-1-11(2-4-12)10-25-17-22-21-16(26-17)20-15(23)9-24-14-7-5-13(19)6-8-14/h1-8H,9-10H2,(H,20,21,23). The van der Waals surface area contributed by atoms with Crippen molar-refractivity contribution >= 4 is 57.3 Å². The first-order chi connectivity index (χ1) is 12.6. The number of thioether (sulfide) groups is 1. The molecule has 0 saturated heterocycles. The summed E-state index contributed by atoms with van der Waals surface area (Å²) in [6.07, 6.45) is 0. The molecular weight excluding hydrogens is 413 g/mol. The van der Waals surface area contributed by atoms with Crippen molar-refractivity contribution in [3.8, 4) is 5.75 Å². The van der Waals surface area contributed by atoms with Crippen molar-refractivity contribution in [1.29, 1.82) is 0 Å². The number of ether oxygens (including phenoxy) is 1. The van der Waals surface area contributed by atoms with E-state index in [4.69, 9.17) is 27.9 Å². The molecule has 0 saturated carbocycles. The minimum absolute atomic E-state index is 0.117. The third-order valence-electron chi connectivity index (χ3n) is 3.11. The number of halogens is 2. The number of rotatable bonds is 7. The largest absolute Gasteiger partial charge is 0.484 e. The molecular formula is C17H13Cl2N3O2S2. The highest BCUT2D eigenvalue weighted by Crippen LogP contribution is 2.28. The van der Waals surface area contributed by atoms with Crippen molar-refractivity contribution in [1.82, 2.24) is 10.2 Å². The first-order valence-electron chi connectivity index (χ1n) is 7.47. The van der Waals surface area contributed by atoms with E-state index in [1.54, 1.807) is 36.0 Å². The van der Waals surface area contributed by atoms with Gasteiger partial charge in [0.2, 0.25) is 5.13 Å². The van der Waals surface area contributed by atoms with Crippen molar-refractivity contribution in [3.05, 3.63) is 64.1 Å². The molecule has 1 amide bonds. The maximum absolute atomic E-state index is 11.9. The van der Waals surface area contributed by atoms with Crippen LogP contribution in [-0.4, -0.2) is 22.7 Å². The summed E-state index contributed by atoms with van der Waals surface area (Å²) in [5, 5.41) is 12.5. The predicted molar refractivity (Wildman–Crippen MR) is 106 cm³/mol. The molecule has 1 heterocycles. The van der Waals surface area contributed by atoms with Gasteiger partial charge in [0.25, 0.3) is 5.91 Å². The highest BCUT2D eigenvalue weighted by atomic mass is 35.5. The fourth-order valence-corrected chi connectivity index (χ4v) is 3.86. The summed E-state index contributed by atoms with van der Waals surface area (Å²) < 4.78 is 6.16. The Hall–Kier alpha value is -1.80. The summed E-state index contributed by atoms with van der Waals surface area (Å²) >= 11 is 14.5. The molecule has 0 aliphatic heterocycles. The summed E-state index contributed by atoms with van der Waals surface area (Å²) in [7, 11) is 0. The number of aromatic nitrogens is 2. The average molecular weight is 426 g/mol. The van der Waals surface area contributed by atoms with Crippen LogP contribution in [0.5, 0.6) is 5.75 Å². The van der Waals surface area contributed by atoms with Crippen LogP contribution in [0.4, 0.5) is 5.13 Å². The molecule has 3 rings (SSSR count). The number of carbonyl (C=O) groups excluding carboxylic acids is 1. The van der Waals surface area contributed by atoms with Gasteiger partial charge in [0.15, 0.2) is 10.9 Å². The molecule has 0 atom stereocenters. The van der Waals surface area contributed by atoms with Crippen molar-refractivity contribution in [2.75, 3.05) is 11.9 Å². The fraction of sp³-hybridized carbons (Fsp3) is 0.118. The molecule has 0 spiro atoms. The lowest BCUT2D eigenvalue weighted by Crippen LogP contribution is -2.20. The lowest BCUT2D eigenvalue weighted by atomic mass is 10.2. The Labute approximate surface area is 168 Å². The number of amides is 1. The Morgan fingerprint density at radius 2 is 1.69 bits per heavy atom. The van der Waals surface area contributed by atoms with E-state index in [0.29, 0.717) is 20.9 Å². The van der Waals surface area contributed by atoms with Crippen LogP contribution < -0.4 is 10.1 Å². The zero-order valence-corrected chi connectivity index (χ0v) is 16.5. The van der Waals surface area contributed by atoms with Gasteiger partial charge in [-0.2, -0.15) is 0 Å². The van der Waals surface area contributed by atoms with Gasteiger partial charge >= 0.3 is 0 Å². The number of nitrogens with zero attached hydrogens (tertiary/aromatic N) is 2. The zero-order chi connectivity index (χ0) is 18.4. The van der Waals surface area contributed by atoms with E-state index in [2.05, 4.69) is 15.5 Å². The number of carbonyl (C=O) groups is 1. The number of hydrogen-bond donors (Lipinski definition) is 1. The summed E-state index contributed by atoms with van der Waals surface area (Å²) in [5.41, 5.74) is 1.14. The smallest absolute Gasteiger partial charge is 0.264 e. The maximum atomic E-state index is 11.9. The van der Waals surface area contributed by atoms with Crippen LogP contribution in [-0.2, 0) is 10.5 Å². The number of anilines is 1. The minimum Gasteiger partial charge on any atom is -0.484 e. The summed E-state index contributed by atoms with van der Waals surface area (Å²) in [6, 6.07) is 14.4. The van der Waals surface area contributed by atoms with Crippen LogP contribution in [0.3, 0.4) is 0 Å². The van der Waals surface area contributed by atoms with Crippen LogP contribution in [0.1, 0.15) is 5.56 Å². The summed E-state index contributed by atoms with van der Waals surface area (Å²) in [4.78, 5) is 11.9. The van der Waals surface area contributed by atoms with Crippen molar-refractivity contribution in [2.45, 2.75) is 10.1 Å². The Morgan fingerprint density at radius 3 is 2.38 bits per heavy atom. The second-order valence-electron chi connectivity index (χ2n) is 5.08. The average Bonchev–Trinajstić information content (AvgIpc) is 3.08. The van der Waals surface area contributed by atoms with Crippen LogP contribution >= 0.6 is 46.3 Å². The van der Waals surface area contributed by atoms with Gasteiger partial charge in [0.05, 0.1) is 0 Å². The van der Waals surface area contributed by atoms with Gasteiger partial charge < -0.3 is 4.74 Å². The highest BCUT2D eigenvalue weighted by molar-refractivity contribution is 8.00. The van der Waals surface area contributed by atoms with E-state index >= 15 is 0 Å². The van der Waals surface area contributed by atoms with Gasteiger partial charge in [0, 0.05) is 15.8 Å². The highest BCUT2D eigenvalue weighted by Gasteiger charge is 2.09. The molecule has 0 bridgehead atoms. The molecule has 0 aliphatic carbocycles. The molecule has 0 unspecified atom stereocenters. The SMILES string of the molecule is O=C(COc1ccc(Cl)cc1)Nc1nnc(SCc2ccc(Cl)cc2)s1. The van der Waals surface area contributed by atoms with Gasteiger partial charge in [0.1, 0.15) is 5.75 Å². The van der Waals surface area contributed by atoms with Crippen LogP contribution in [0, 0.1) is 0 Å². The quantitative estimate of drug-likeness (QED) is 0.418. The Bertz CT molecular complexity index is 870. The molecule has 134 valence electrons. The normalized spacial score (nSPS) is 10.5. The summed E-state index contributed by atoms with van der Waals surface area (Å²) in [6.45, 7) is -0.117. The predicted octanol–water partition coefficient (Wildman–Crippen LogP) is 5.15. The maximum Gasteiger partial charge on any atom is 0.264 e. The Morgan fingerprint density at radius 1 is 1.04 bits per heavy atom. The van der Waals surface area contributed by atoms with Gasteiger partial charge in [-0.05, 0) is 42.0 Å². The van der Waals surface area contributed by atoms with E-state index in [9.17, 15) is 4.79 Å². The van der Waals surface area contributed by atoms with Crippen LogP contribution in [0.2, 0.25) is 10.0 Å². The van der Waals surface area contributed by atoms with E-state index < -0.39 is 0 Å². The van der Waals surface area contributed by atoms with Crippen LogP contribution in [0.15, 0.2) is 52.9 Å². The van der Waals surface area contributed by atoms with E-state index in [1.807, 2.05) is 24.3 Å². The van der Waals surface area contributed by atoms with Crippen molar-refractivity contribution in [3.63, 3.8) is 0 Å². The first kappa shape index (κ1) is 19.0. The lowest BCUT2D eigenvalue weighted by Gasteiger charge is -2.05. The molecule has 26 heavy (non-hydrogen) atoms. The van der Waals surface area contributed by atoms with Crippen LogP contribution in [0.25, 0.3) is 0 Å². The van der Waals surface area contributed by atoms with E-state index in [0.717, 1.165) is 15.7 Å². The second kappa shape index (κ2) is 9.23. The molecule has 2 aromatic carbocycles. The Balaban J connectivity index is 1.45. The van der Waals surface area contributed by atoms with Crippen molar-refractivity contribution in [2.24, 2.45) is 0 Å². The number of benzene rings is 2. The summed E-state index contributed by atoms with van der Waals surface area (Å²) in [5.74, 6) is 1.02.